The number of carbonyl (C=O) groups excluding carboxylic acids is 2. The fraction of sp³-hybridized carbons (Fsp3) is 0.652. The van der Waals surface area contributed by atoms with Gasteiger partial charge in [-0.25, -0.2) is 0 Å². The van der Waals surface area contributed by atoms with Gasteiger partial charge in [0.25, 0.3) is 0 Å². The Labute approximate surface area is 164 Å². The second kappa shape index (κ2) is 14.2. The van der Waals surface area contributed by atoms with E-state index in [1.807, 2.05) is 12.1 Å². The Bertz CT molecular complexity index is 531. The van der Waals surface area contributed by atoms with Gasteiger partial charge in [0.1, 0.15) is 11.5 Å². The average Bonchev–Trinajstić information content (AvgIpc) is 2.58. The minimum Gasteiger partial charge on any atom is -0.427 e. The first-order chi connectivity index (χ1) is 13.0. The van der Waals surface area contributed by atoms with Crippen molar-refractivity contribution in [2.24, 2.45) is 0 Å². The van der Waals surface area contributed by atoms with Gasteiger partial charge in [0.05, 0.1) is 0 Å². The molecule has 0 N–H and O–H groups in total. The van der Waals surface area contributed by atoms with Gasteiger partial charge in [0.2, 0.25) is 0 Å². The second-order valence-electron chi connectivity index (χ2n) is 7.29. The summed E-state index contributed by atoms with van der Waals surface area (Å²) >= 11 is 0. The van der Waals surface area contributed by atoms with Gasteiger partial charge in [0, 0.05) is 19.9 Å². The van der Waals surface area contributed by atoms with Crippen molar-refractivity contribution >= 4 is 11.9 Å². The molecule has 0 aromatic heterocycles. The summed E-state index contributed by atoms with van der Waals surface area (Å²) in [7, 11) is 0. The van der Waals surface area contributed by atoms with Gasteiger partial charge in [-0.05, 0) is 30.5 Å². The maximum Gasteiger partial charge on any atom is 0.308 e. The molecule has 4 nitrogen and oxygen atoms in total. The first-order valence-corrected chi connectivity index (χ1v) is 10.5. The predicted octanol–water partition coefficient (Wildman–Crippen LogP) is 6.39. The van der Waals surface area contributed by atoms with Crippen LogP contribution in [0.3, 0.4) is 0 Å². The topological polar surface area (TPSA) is 52.6 Å². The number of unbranched alkanes of at least 4 members (excludes halogenated alkanes) is 10. The van der Waals surface area contributed by atoms with Crippen LogP contribution in [-0.4, -0.2) is 11.9 Å². The second-order valence-corrected chi connectivity index (χ2v) is 7.29. The molecule has 0 spiro atoms. The smallest absolute Gasteiger partial charge is 0.308 e. The summed E-state index contributed by atoms with van der Waals surface area (Å²) < 4.78 is 10.3. The minimum absolute atomic E-state index is 0.379. The lowest BCUT2D eigenvalue weighted by atomic mass is 10.0. The summed E-state index contributed by atoms with van der Waals surface area (Å²) in [6.07, 6.45) is 15.3. The molecule has 27 heavy (non-hydrogen) atoms. The Morgan fingerprint density at radius 2 is 1.07 bits per heavy atom. The molecule has 0 unspecified atom stereocenters. The highest BCUT2D eigenvalue weighted by Crippen LogP contribution is 2.25. The summed E-state index contributed by atoms with van der Waals surface area (Å²) in [4.78, 5) is 22.4. The van der Waals surface area contributed by atoms with E-state index in [-0.39, 0.29) is 11.9 Å². The van der Waals surface area contributed by atoms with Crippen LogP contribution in [0, 0.1) is 0 Å². The summed E-state index contributed by atoms with van der Waals surface area (Å²) in [5.74, 6) is 0.102. The number of benzene rings is 1. The van der Waals surface area contributed by atoms with Gasteiger partial charge >= 0.3 is 11.9 Å². The number of hydrogen-bond donors (Lipinski definition) is 0. The van der Waals surface area contributed by atoms with E-state index in [0.29, 0.717) is 11.5 Å². The Balaban J connectivity index is 2.28. The number of ether oxygens (including phenoxy) is 2. The van der Waals surface area contributed by atoms with Gasteiger partial charge in [-0.2, -0.15) is 0 Å². The summed E-state index contributed by atoms with van der Waals surface area (Å²) in [5, 5.41) is 0. The van der Waals surface area contributed by atoms with E-state index in [2.05, 4.69) is 6.92 Å². The Morgan fingerprint density at radius 1 is 0.667 bits per heavy atom. The van der Waals surface area contributed by atoms with Gasteiger partial charge in [-0.3, -0.25) is 9.59 Å². The van der Waals surface area contributed by atoms with Crippen LogP contribution in [0.15, 0.2) is 18.2 Å². The van der Waals surface area contributed by atoms with Gasteiger partial charge in [0.15, 0.2) is 0 Å². The third kappa shape index (κ3) is 12.2. The largest absolute Gasteiger partial charge is 0.427 e. The van der Waals surface area contributed by atoms with E-state index in [1.54, 1.807) is 6.07 Å². The molecule has 1 aromatic rings. The van der Waals surface area contributed by atoms with Gasteiger partial charge < -0.3 is 9.47 Å². The van der Waals surface area contributed by atoms with Gasteiger partial charge in [-0.15, -0.1) is 0 Å². The zero-order chi connectivity index (χ0) is 19.9. The Morgan fingerprint density at radius 3 is 1.48 bits per heavy atom. The molecule has 0 saturated heterocycles. The van der Waals surface area contributed by atoms with Gasteiger partial charge in [-0.1, -0.05) is 71.1 Å². The SMILES string of the molecule is CCCCCCCCCCCCCc1cc(OC(C)=O)cc(OC(C)=O)c1. The first kappa shape index (κ1) is 23.2. The lowest BCUT2D eigenvalue weighted by molar-refractivity contribution is -0.132. The number of esters is 2. The quantitative estimate of drug-likeness (QED) is 0.214. The van der Waals surface area contributed by atoms with Crippen molar-refractivity contribution in [3.05, 3.63) is 23.8 Å². The molecule has 0 aliphatic carbocycles. The Kier molecular flexibility index (Phi) is 12.2. The zero-order valence-electron chi connectivity index (χ0n) is 17.4. The normalized spacial score (nSPS) is 10.6. The molecule has 0 radical (unpaired) electrons. The van der Waals surface area contributed by atoms with Crippen LogP contribution in [0.2, 0.25) is 0 Å². The molecule has 0 atom stereocenters. The highest BCUT2D eigenvalue weighted by Gasteiger charge is 2.07. The van der Waals surface area contributed by atoms with Crippen molar-refractivity contribution in [2.75, 3.05) is 0 Å². The van der Waals surface area contributed by atoms with Crippen LogP contribution in [0.5, 0.6) is 11.5 Å². The van der Waals surface area contributed by atoms with E-state index in [1.165, 1.54) is 78.1 Å². The van der Waals surface area contributed by atoms with E-state index < -0.39 is 0 Å². The maximum absolute atomic E-state index is 11.2. The summed E-state index contributed by atoms with van der Waals surface area (Å²) in [5.41, 5.74) is 1.03. The molecule has 4 heteroatoms. The van der Waals surface area contributed by atoms with E-state index in [9.17, 15) is 9.59 Å². The first-order valence-electron chi connectivity index (χ1n) is 10.5. The highest BCUT2D eigenvalue weighted by molar-refractivity contribution is 5.71. The molecule has 1 rings (SSSR count). The van der Waals surface area contributed by atoms with Crippen LogP contribution >= 0.6 is 0 Å². The molecule has 0 fully saturated rings. The van der Waals surface area contributed by atoms with Crippen molar-refractivity contribution in [3.63, 3.8) is 0 Å². The molecule has 0 amide bonds. The molecule has 0 saturated carbocycles. The van der Waals surface area contributed by atoms with Crippen LogP contribution in [-0.2, 0) is 16.0 Å². The molecule has 0 aliphatic heterocycles. The van der Waals surface area contributed by atoms with Crippen molar-refractivity contribution in [3.8, 4) is 11.5 Å². The number of hydrogen-bond acceptors (Lipinski definition) is 4. The molecular formula is C23H36O4. The average molecular weight is 377 g/mol. The molecule has 0 heterocycles. The standard InChI is InChI=1S/C23H36O4/c1-4-5-6-7-8-9-10-11-12-13-14-15-21-16-22(26-19(2)24)18-23(17-21)27-20(3)25/h16-18H,4-15H2,1-3H3. The minimum atomic E-state index is -0.379. The van der Waals surface area contributed by atoms with Crippen molar-refractivity contribution in [2.45, 2.75) is 97.8 Å². The van der Waals surface area contributed by atoms with E-state index >= 15 is 0 Å². The van der Waals surface area contributed by atoms with Crippen molar-refractivity contribution < 1.29 is 19.1 Å². The highest BCUT2D eigenvalue weighted by atomic mass is 16.5. The number of aryl methyl sites for hydroxylation is 1. The Hall–Kier alpha value is -1.84. The van der Waals surface area contributed by atoms with E-state index in [0.717, 1.165) is 18.4 Å². The molecule has 152 valence electrons. The lowest BCUT2D eigenvalue weighted by Crippen LogP contribution is -2.05. The number of rotatable bonds is 14. The summed E-state index contributed by atoms with van der Waals surface area (Å²) in [6.45, 7) is 4.98. The van der Waals surface area contributed by atoms with Crippen molar-refractivity contribution in [1.82, 2.24) is 0 Å². The molecular weight excluding hydrogens is 340 g/mol. The maximum atomic E-state index is 11.2. The number of carbonyl (C=O) groups is 2. The van der Waals surface area contributed by atoms with Crippen LogP contribution in [0.4, 0.5) is 0 Å². The van der Waals surface area contributed by atoms with Crippen molar-refractivity contribution in [1.29, 1.82) is 0 Å². The molecule has 1 aromatic carbocycles. The summed E-state index contributed by atoms with van der Waals surface area (Å²) in [6, 6.07) is 5.28. The molecule has 0 aliphatic rings. The third-order valence-corrected chi connectivity index (χ3v) is 4.53. The zero-order valence-corrected chi connectivity index (χ0v) is 17.4. The van der Waals surface area contributed by atoms with Crippen LogP contribution in [0.1, 0.15) is 97.0 Å². The monoisotopic (exact) mass is 376 g/mol. The van der Waals surface area contributed by atoms with Crippen LogP contribution < -0.4 is 9.47 Å². The molecule has 0 bridgehead atoms. The predicted molar refractivity (Wildman–Crippen MR) is 109 cm³/mol. The fourth-order valence-corrected chi connectivity index (χ4v) is 3.22. The van der Waals surface area contributed by atoms with E-state index in [4.69, 9.17) is 9.47 Å². The van der Waals surface area contributed by atoms with Crippen LogP contribution in [0.25, 0.3) is 0 Å². The lowest BCUT2D eigenvalue weighted by Gasteiger charge is -2.09. The fourth-order valence-electron chi connectivity index (χ4n) is 3.22. The third-order valence-electron chi connectivity index (χ3n) is 4.53.